The first-order valence-corrected chi connectivity index (χ1v) is 7.04. The Morgan fingerprint density at radius 1 is 1.21 bits per heavy atom. The number of amides is 1. The molecule has 19 heavy (non-hydrogen) atoms. The average Bonchev–Trinajstić information content (AvgIpc) is 2.41. The van der Waals surface area contributed by atoms with Crippen molar-refractivity contribution in [2.24, 2.45) is 0 Å². The lowest BCUT2D eigenvalue weighted by molar-refractivity contribution is 0.0902. The lowest BCUT2D eigenvalue weighted by atomic mass is 9.95. The van der Waals surface area contributed by atoms with Gasteiger partial charge in [0.2, 0.25) is 0 Å². The second kappa shape index (κ2) is 6.41. The average molecular weight is 338 g/mol. The number of hydrogen-bond acceptors (Lipinski definition) is 1. The van der Waals surface area contributed by atoms with Gasteiger partial charge in [-0.1, -0.05) is 29.8 Å². The van der Waals surface area contributed by atoms with Gasteiger partial charge in [-0.3, -0.25) is 4.79 Å². The number of halogens is 4. The summed E-state index contributed by atoms with van der Waals surface area (Å²) in [6, 6.07) is 1.39. The maximum Gasteiger partial charge on any atom is 0.251 e. The number of alkyl halides is 1. The Labute approximate surface area is 118 Å². The molecule has 0 heterocycles. The van der Waals surface area contributed by atoms with Crippen molar-refractivity contribution < 1.29 is 18.0 Å². The van der Waals surface area contributed by atoms with Gasteiger partial charge in [0.15, 0.2) is 17.5 Å². The van der Waals surface area contributed by atoms with Crippen LogP contribution < -0.4 is 5.32 Å². The van der Waals surface area contributed by atoms with Crippen molar-refractivity contribution in [2.75, 3.05) is 5.33 Å². The Bertz CT molecular complexity index is 444. The fourth-order valence-electron chi connectivity index (χ4n) is 1.65. The molecule has 0 aliphatic heterocycles. The summed E-state index contributed by atoms with van der Waals surface area (Å²) >= 11 is 3.31. The molecule has 0 radical (unpaired) electrons. The van der Waals surface area contributed by atoms with E-state index in [1.54, 1.807) is 0 Å². The minimum absolute atomic E-state index is 0.233. The first kappa shape index (κ1) is 16.0. The number of carbonyl (C=O) groups excluding carboxylic acids is 1. The molecular weight excluding hydrogens is 323 g/mol. The standard InChI is InChI=1S/C13H15BrF3NO/c1-3-13(4-2,7-14)18-12(19)8-5-9(15)11(17)10(16)6-8/h5-6H,3-4,7H2,1-2H3,(H,18,19). The molecule has 0 unspecified atom stereocenters. The Morgan fingerprint density at radius 3 is 2.05 bits per heavy atom. The van der Waals surface area contributed by atoms with Gasteiger partial charge >= 0.3 is 0 Å². The topological polar surface area (TPSA) is 29.1 Å². The van der Waals surface area contributed by atoms with Crippen LogP contribution in [0.25, 0.3) is 0 Å². The molecule has 1 rings (SSSR count). The van der Waals surface area contributed by atoms with Gasteiger partial charge in [-0.15, -0.1) is 0 Å². The maximum absolute atomic E-state index is 13.1. The third-order valence-electron chi connectivity index (χ3n) is 3.23. The zero-order chi connectivity index (χ0) is 14.6. The molecule has 0 aliphatic rings. The highest BCUT2D eigenvalue weighted by Crippen LogP contribution is 2.20. The fraction of sp³-hybridized carbons (Fsp3) is 0.462. The van der Waals surface area contributed by atoms with Gasteiger partial charge in [0.1, 0.15) is 0 Å². The zero-order valence-corrected chi connectivity index (χ0v) is 12.3. The highest BCUT2D eigenvalue weighted by molar-refractivity contribution is 9.09. The summed E-state index contributed by atoms with van der Waals surface area (Å²) in [5.41, 5.74) is -0.720. The predicted molar refractivity (Wildman–Crippen MR) is 70.9 cm³/mol. The Morgan fingerprint density at radius 2 is 1.68 bits per heavy atom. The summed E-state index contributed by atoms with van der Waals surface area (Å²) in [5.74, 6) is -4.94. The molecule has 0 spiro atoms. The molecule has 6 heteroatoms. The quantitative estimate of drug-likeness (QED) is 0.642. The van der Waals surface area contributed by atoms with Gasteiger partial charge in [-0.2, -0.15) is 0 Å². The van der Waals surface area contributed by atoms with Crippen LogP contribution in [0.15, 0.2) is 12.1 Å². The minimum atomic E-state index is -1.57. The lowest BCUT2D eigenvalue weighted by Crippen LogP contribution is -2.49. The van der Waals surface area contributed by atoms with Crippen LogP contribution in [0.3, 0.4) is 0 Å². The molecule has 0 bridgehead atoms. The van der Waals surface area contributed by atoms with Gasteiger partial charge in [-0.05, 0) is 25.0 Å². The van der Waals surface area contributed by atoms with Crippen LogP contribution in [0.5, 0.6) is 0 Å². The molecule has 0 fully saturated rings. The molecule has 0 aromatic heterocycles. The van der Waals surface area contributed by atoms with E-state index in [-0.39, 0.29) is 5.56 Å². The van der Waals surface area contributed by atoms with Crippen molar-refractivity contribution in [2.45, 2.75) is 32.2 Å². The fourth-order valence-corrected chi connectivity index (χ4v) is 2.58. The van der Waals surface area contributed by atoms with Crippen LogP contribution in [0.2, 0.25) is 0 Å². The van der Waals surface area contributed by atoms with Crippen molar-refractivity contribution in [1.82, 2.24) is 5.32 Å². The van der Waals surface area contributed by atoms with Crippen molar-refractivity contribution in [3.05, 3.63) is 35.1 Å². The van der Waals surface area contributed by atoms with Crippen molar-refractivity contribution in [3.63, 3.8) is 0 Å². The summed E-state index contributed by atoms with van der Waals surface area (Å²) in [6.45, 7) is 3.80. The first-order chi connectivity index (χ1) is 8.89. The largest absolute Gasteiger partial charge is 0.346 e. The molecule has 0 aliphatic carbocycles. The van der Waals surface area contributed by atoms with Gasteiger partial charge in [0.05, 0.1) is 0 Å². The maximum atomic E-state index is 13.1. The van der Waals surface area contributed by atoms with Gasteiger partial charge in [0.25, 0.3) is 5.91 Å². The van der Waals surface area contributed by atoms with Crippen LogP contribution >= 0.6 is 15.9 Å². The number of rotatable bonds is 5. The Kier molecular flexibility index (Phi) is 5.40. The van der Waals surface area contributed by atoms with E-state index in [4.69, 9.17) is 0 Å². The normalized spacial score (nSPS) is 11.5. The molecular formula is C13H15BrF3NO. The van der Waals surface area contributed by atoms with E-state index in [0.717, 1.165) is 0 Å². The number of benzene rings is 1. The molecule has 1 amide bonds. The van der Waals surface area contributed by atoms with Crippen molar-refractivity contribution in [3.8, 4) is 0 Å². The van der Waals surface area contributed by atoms with Crippen LogP contribution in [0.1, 0.15) is 37.0 Å². The van der Waals surface area contributed by atoms with Crippen molar-refractivity contribution >= 4 is 21.8 Å². The minimum Gasteiger partial charge on any atom is -0.346 e. The summed E-state index contributed by atoms with van der Waals surface area (Å²) < 4.78 is 39.0. The number of carbonyl (C=O) groups is 1. The summed E-state index contributed by atoms with van der Waals surface area (Å²) in [4.78, 5) is 12.0. The van der Waals surface area contributed by atoms with Gasteiger partial charge in [-0.25, -0.2) is 13.2 Å². The van der Waals surface area contributed by atoms with E-state index in [9.17, 15) is 18.0 Å². The van der Waals surface area contributed by atoms with Crippen molar-refractivity contribution in [1.29, 1.82) is 0 Å². The first-order valence-electron chi connectivity index (χ1n) is 5.92. The van der Waals surface area contributed by atoms with Crippen LogP contribution in [-0.4, -0.2) is 16.8 Å². The van der Waals surface area contributed by atoms with E-state index >= 15 is 0 Å². The molecule has 1 aromatic rings. The summed E-state index contributed by atoms with van der Waals surface area (Å²) in [6.07, 6.45) is 1.32. The third-order valence-corrected chi connectivity index (χ3v) is 4.31. The SMILES string of the molecule is CCC(CC)(CBr)NC(=O)c1cc(F)c(F)c(F)c1. The van der Waals surface area contributed by atoms with Gasteiger partial charge < -0.3 is 5.32 Å². The molecule has 1 aromatic carbocycles. The van der Waals surface area contributed by atoms with E-state index in [2.05, 4.69) is 21.2 Å². The molecule has 0 saturated carbocycles. The molecule has 0 saturated heterocycles. The molecule has 0 atom stereocenters. The summed E-state index contributed by atoms with van der Waals surface area (Å²) in [7, 11) is 0. The predicted octanol–water partition coefficient (Wildman–Crippen LogP) is 3.79. The van der Waals surface area contributed by atoms with E-state index in [0.29, 0.717) is 30.3 Å². The molecule has 1 N–H and O–H groups in total. The van der Waals surface area contributed by atoms with E-state index < -0.39 is 28.9 Å². The smallest absolute Gasteiger partial charge is 0.251 e. The molecule has 106 valence electrons. The zero-order valence-electron chi connectivity index (χ0n) is 10.7. The highest BCUT2D eigenvalue weighted by atomic mass is 79.9. The second-order valence-electron chi connectivity index (χ2n) is 4.33. The van der Waals surface area contributed by atoms with Crippen LogP contribution in [0, 0.1) is 17.5 Å². The lowest BCUT2D eigenvalue weighted by Gasteiger charge is -2.30. The van der Waals surface area contributed by atoms with E-state index in [1.807, 2.05) is 13.8 Å². The van der Waals surface area contributed by atoms with Crippen LogP contribution in [-0.2, 0) is 0 Å². The van der Waals surface area contributed by atoms with E-state index in [1.165, 1.54) is 0 Å². The van der Waals surface area contributed by atoms with Gasteiger partial charge in [0, 0.05) is 16.4 Å². The summed E-state index contributed by atoms with van der Waals surface area (Å²) in [5, 5.41) is 3.25. The monoisotopic (exact) mass is 337 g/mol. The second-order valence-corrected chi connectivity index (χ2v) is 4.89. The van der Waals surface area contributed by atoms with Crippen LogP contribution in [0.4, 0.5) is 13.2 Å². The third kappa shape index (κ3) is 3.49. The molecule has 2 nitrogen and oxygen atoms in total. The number of hydrogen-bond donors (Lipinski definition) is 1. The number of nitrogens with one attached hydrogen (secondary N) is 1. The Hall–Kier alpha value is -1.04. The Balaban J connectivity index is 3.01. The highest BCUT2D eigenvalue weighted by Gasteiger charge is 2.28.